The number of hydrogen-bond acceptors (Lipinski definition) is 4. The third-order valence-corrected chi connectivity index (χ3v) is 12.0. The van der Waals surface area contributed by atoms with Crippen LogP contribution in [0.15, 0.2) is 34.8 Å². The fourth-order valence-electron chi connectivity index (χ4n) is 4.07. The molecular formula is C23H31BrN2O3Si. The minimum Gasteiger partial charge on any atom is -0.409 e. The SMILES string of the molecule is CC(C)(C)[Si](C)(C)O[C@H]1COCC[C@@H]1N1CNc2c(cc(Br)c3ccccc23)C1=O. The number of fused-ring (bicyclic) bond motifs is 3. The zero-order valence-electron chi connectivity index (χ0n) is 18.4. The van der Waals surface area contributed by atoms with E-state index in [0.717, 1.165) is 27.4 Å². The minimum atomic E-state index is -1.98. The fraction of sp³-hybridized carbons (Fsp3) is 0.522. The summed E-state index contributed by atoms with van der Waals surface area (Å²) in [4.78, 5) is 15.5. The van der Waals surface area contributed by atoms with Crippen LogP contribution in [0.25, 0.3) is 10.8 Å². The molecule has 0 saturated carbocycles. The van der Waals surface area contributed by atoms with E-state index >= 15 is 0 Å². The van der Waals surface area contributed by atoms with Crippen molar-refractivity contribution >= 4 is 46.6 Å². The first-order valence-electron chi connectivity index (χ1n) is 10.6. The molecule has 5 nitrogen and oxygen atoms in total. The summed E-state index contributed by atoms with van der Waals surface area (Å²) in [5.74, 6) is 0.0611. The van der Waals surface area contributed by atoms with Crippen molar-refractivity contribution in [2.75, 3.05) is 25.2 Å². The Hall–Kier alpha value is -1.41. The van der Waals surface area contributed by atoms with Gasteiger partial charge in [0.05, 0.1) is 36.7 Å². The first kappa shape index (κ1) is 21.8. The van der Waals surface area contributed by atoms with E-state index in [1.807, 2.05) is 23.1 Å². The number of anilines is 1. The highest BCUT2D eigenvalue weighted by Gasteiger charge is 2.44. The molecule has 2 aromatic rings. The average Bonchev–Trinajstić information content (AvgIpc) is 2.69. The summed E-state index contributed by atoms with van der Waals surface area (Å²) in [6.07, 6.45) is 0.687. The van der Waals surface area contributed by atoms with Crippen LogP contribution in [0, 0.1) is 0 Å². The van der Waals surface area contributed by atoms with E-state index in [4.69, 9.17) is 9.16 Å². The zero-order valence-corrected chi connectivity index (χ0v) is 21.0. The molecule has 1 amide bonds. The Morgan fingerprint density at radius 1 is 1.23 bits per heavy atom. The molecular weight excluding hydrogens is 460 g/mol. The fourth-order valence-corrected chi connectivity index (χ4v) is 5.98. The van der Waals surface area contributed by atoms with E-state index in [1.165, 1.54) is 0 Å². The molecule has 2 heterocycles. The number of rotatable bonds is 3. The summed E-state index contributed by atoms with van der Waals surface area (Å²) in [5.41, 5.74) is 1.63. The lowest BCUT2D eigenvalue weighted by Gasteiger charge is -2.46. The van der Waals surface area contributed by atoms with E-state index in [-0.39, 0.29) is 23.1 Å². The van der Waals surface area contributed by atoms with Crippen LogP contribution in [-0.2, 0) is 9.16 Å². The van der Waals surface area contributed by atoms with Gasteiger partial charge in [-0.25, -0.2) is 0 Å². The first-order chi connectivity index (χ1) is 14.1. The van der Waals surface area contributed by atoms with Gasteiger partial charge in [-0.2, -0.15) is 0 Å². The van der Waals surface area contributed by atoms with Crippen molar-refractivity contribution < 1.29 is 14.0 Å². The largest absolute Gasteiger partial charge is 0.409 e. The Bertz CT molecular complexity index is 973. The van der Waals surface area contributed by atoms with Gasteiger partial charge < -0.3 is 19.4 Å². The Morgan fingerprint density at radius 2 is 1.93 bits per heavy atom. The maximum atomic E-state index is 13.6. The number of halogens is 1. The van der Waals surface area contributed by atoms with Gasteiger partial charge in [0.1, 0.15) is 0 Å². The number of ether oxygens (including phenoxy) is 1. The molecule has 2 aromatic carbocycles. The summed E-state index contributed by atoms with van der Waals surface area (Å²) in [6, 6.07) is 10.1. The highest BCUT2D eigenvalue weighted by atomic mass is 79.9. The van der Waals surface area contributed by atoms with Crippen molar-refractivity contribution in [3.8, 4) is 0 Å². The zero-order chi connectivity index (χ0) is 21.7. The van der Waals surface area contributed by atoms with Gasteiger partial charge in [-0.3, -0.25) is 4.79 Å². The quantitative estimate of drug-likeness (QED) is 0.568. The van der Waals surface area contributed by atoms with Gasteiger partial charge in [0.15, 0.2) is 8.32 Å². The minimum absolute atomic E-state index is 0.00581. The molecule has 0 radical (unpaired) electrons. The van der Waals surface area contributed by atoms with Gasteiger partial charge in [0.2, 0.25) is 0 Å². The van der Waals surface area contributed by atoms with Crippen LogP contribution in [0.3, 0.4) is 0 Å². The molecule has 1 saturated heterocycles. The maximum absolute atomic E-state index is 13.6. The first-order valence-corrected chi connectivity index (χ1v) is 14.3. The van der Waals surface area contributed by atoms with Crippen molar-refractivity contribution in [1.82, 2.24) is 4.90 Å². The van der Waals surface area contributed by atoms with Gasteiger partial charge in [-0.15, -0.1) is 0 Å². The molecule has 1 fully saturated rings. The van der Waals surface area contributed by atoms with Gasteiger partial charge in [-0.1, -0.05) is 61.0 Å². The van der Waals surface area contributed by atoms with Gasteiger partial charge in [-0.05, 0) is 36.0 Å². The molecule has 162 valence electrons. The number of hydrogen-bond donors (Lipinski definition) is 1. The lowest BCUT2D eigenvalue weighted by atomic mass is 9.98. The standard InChI is InChI=1S/C23H31BrN2O3Si/c1-23(2,3)30(4,5)29-20-13-28-11-10-19(20)26-14-25-21-16-9-7-6-8-15(16)18(24)12-17(21)22(26)27/h6-9,12,19-20,25H,10-11,13-14H2,1-5H3/t19-,20-/m0/s1. The highest BCUT2D eigenvalue weighted by molar-refractivity contribution is 9.10. The normalized spacial score (nSPS) is 22.7. The number of carbonyl (C=O) groups is 1. The van der Waals surface area contributed by atoms with E-state index in [2.05, 4.69) is 67.2 Å². The molecule has 0 unspecified atom stereocenters. The molecule has 2 atom stereocenters. The van der Waals surface area contributed by atoms with Crippen molar-refractivity contribution in [3.63, 3.8) is 0 Å². The number of carbonyl (C=O) groups excluding carboxylic acids is 1. The Morgan fingerprint density at radius 3 is 2.63 bits per heavy atom. The van der Waals surface area contributed by atoms with Crippen molar-refractivity contribution in [1.29, 1.82) is 0 Å². The highest BCUT2D eigenvalue weighted by Crippen LogP contribution is 2.40. The van der Waals surface area contributed by atoms with Crippen molar-refractivity contribution in [2.24, 2.45) is 0 Å². The number of nitrogens with one attached hydrogen (secondary N) is 1. The summed E-state index contributed by atoms with van der Waals surface area (Å²) >= 11 is 3.66. The van der Waals surface area contributed by atoms with E-state index in [0.29, 0.717) is 25.4 Å². The summed E-state index contributed by atoms with van der Waals surface area (Å²) in [7, 11) is -1.98. The summed E-state index contributed by atoms with van der Waals surface area (Å²) < 4.78 is 13.4. The molecule has 2 aliphatic heterocycles. The second kappa shape index (κ2) is 7.93. The third kappa shape index (κ3) is 3.81. The van der Waals surface area contributed by atoms with Crippen LogP contribution in [0.4, 0.5) is 5.69 Å². The van der Waals surface area contributed by atoms with Gasteiger partial charge >= 0.3 is 0 Å². The van der Waals surface area contributed by atoms with Crippen LogP contribution in [0.1, 0.15) is 37.6 Å². The number of amides is 1. The molecule has 0 bridgehead atoms. The van der Waals surface area contributed by atoms with Crippen LogP contribution < -0.4 is 5.32 Å². The monoisotopic (exact) mass is 490 g/mol. The molecule has 7 heteroatoms. The Labute approximate surface area is 188 Å². The van der Waals surface area contributed by atoms with Crippen molar-refractivity contribution in [3.05, 3.63) is 40.4 Å². The van der Waals surface area contributed by atoms with Crippen LogP contribution >= 0.6 is 15.9 Å². The molecule has 0 aromatic heterocycles. The molecule has 0 spiro atoms. The smallest absolute Gasteiger partial charge is 0.257 e. The number of benzene rings is 2. The van der Waals surface area contributed by atoms with Crippen LogP contribution in [-0.4, -0.2) is 51.2 Å². The lowest BCUT2D eigenvalue weighted by Crippen LogP contribution is -2.58. The second-order valence-electron chi connectivity index (χ2n) is 9.78. The topological polar surface area (TPSA) is 50.8 Å². The van der Waals surface area contributed by atoms with Crippen molar-refractivity contribution in [2.45, 2.75) is 57.5 Å². The molecule has 1 N–H and O–H groups in total. The predicted molar refractivity (Wildman–Crippen MR) is 128 cm³/mol. The average molecular weight is 492 g/mol. The number of nitrogens with zero attached hydrogens (tertiary/aromatic N) is 1. The van der Waals surface area contributed by atoms with E-state index in [1.54, 1.807) is 0 Å². The third-order valence-electron chi connectivity index (χ3n) is 6.83. The molecule has 30 heavy (non-hydrogen) atoms. The Balaban J connectivity index is 1.65. The molecule has 4 rings (SSSR count). The molecule has 0 aliphatic carbocycles. The van der Waals surface area contributed by atoms with Crippen LogP contribution in [0.5, 0.6) is 0 Å². The van der Waals surface area contributed by atoms with Gasteiger partial charge in [0.25, 0.3) is 5.91 Å². The van der Waals surface area contributed by atoms with Crippen LogP contribution in [0.2, 0.25) is 18.1 Å². The predicted octanol–water partition coefficient (Wildman–Crippen LogP) is 5.61. The lowest BCUT2D eigenvalue weighted by molar-refractivity contribution is -0.0501. The molecule has 2 aliphatic rings. The summed E-state index contributed by atoms with van der Waals surface area (Å²) in [5, 5.41) is 5.80. The second-order valence-corrected chi connectivity index (χ2v) is 15.4. The van der Waals surface area contributed by atoms with Gasteiger partial charge in [0, 0.05) is 16.5 Å². The summed E-state index contributed by atoms with van der Waals surface area (Å²) in [6.45, 7) is 12.9. The Kier molecular flexibility index (Phi) is 5.76. The van der Waals surface area contributed by atoms with E-state index in [9.17, 15) is 4.79 Å². The van der Waals surface area contributed by atoms with E-state index < -0.39 is 8.32 Å². The maximum Gasteiger partial charge on any atom is 0.257 e.